The number of aromatic nitrogens is 3. The molecule has 6 heteroatoms. The molecule has 3 heterocycles. The van der Waals surface area contributed by atoms with Crippen LogP contribution in [-0.2, 0) is 0 Å². The second kappa shape index (κ2) is 6.50. The highest BCUT2D eigenvalue weighted by molar-refractivity contribution is 5.95. The molecule has 6 nitrogen and oxygen atoms in total. The SMILES string of the molecule is CCN1CCN(C(=O)c2ccc(C)nc2C)CC1c1ncc[nH]1. The lowest BCUT2D eigenvalue weighted by Gasteiger charge is -2.40. The zero-order valence-electron chi connectivity index (χ0n) is 13.9. The summed E-state index contributed by atoms with van der Waals surface area (Å²) in [5, 5.41) is 0. The average molecular weight is 313 g/mol. The van der Waals surface area contributed by atoms with Gasteiger partial charge in [-0.15, -0.1) is 0 Å². The van der Waals surface area contributed by atoms with E-state index in [1.807, 2.05) is 37.1 Å². The summed E-state index contributed by atoms with van der Waals surface area (Å²) in [6.45, 7) is 9.15. The van der Waals surface area contributed by atoms with Gasteiger partial charge in [0.2, 0.25) is 0 Å². The van der Waals surface area contributed by atoms with Crippen molar-refractivity contribution in [2.75, 3.05) is 26.2 Å². The molecule has 1 aliphatic heterocycles. The van der Waals surface area contributed by atoms with E-state index >= 15 is 0 Å². The lowest BCUT2D eigenvalue weighted by Crippen LogP contribution is -2.50. The van der Waals surface area contributed by atoms with Crippen LogP contribution in [0, 0.1) is 13.8 Å². The lowest BCUT2D eigenvalue weighted by molar-refractivity contribution is 0.0479. The molecule has 0 radical (unpaired) electrons. The van der Waals surface area contributed by atoms with Crippen molar-refractivity contribution < 1.29 is 4.79 Å². The summed E-state index contributed by atoms with van der Waals surface area (Å²) in [5.41, 5.74) is 2.42. The van der Waals surface area contributed by atoms with Crippen LogP contribution < -0.4 is 0 Å². The zero-order valence-corrected chi connectivity index (χ0v) is 13.9. The normalized spacial score (nSPS) is 19.1. The van der Waals surface area contributed by atoms with Gasteiger partial charge in [0, 0.05) is 37.7 Å². The predicted octanol–water partition coefficient (Wildman–Crippen LogP) is 1.94. The molecule has 1 N–H and O–H groups in total. The van der Waals surface area contributed by atoms with Crippen molar-refractivity contribution in [2.45, 2.75) is 26.8 Å². The molecule has 0 aliphatic carbocycles. The first kappa shape index (κ1) is 15.7. The number of aromatic amines is 1. The van der Waals surface area contributed by atoms with Crippen LogP contribution in [-0.4, -0.2) is 56.8 Å². The van der Waals surface area contributed by atoms with Gasteiger partial charge in [-0.25, -0.2) is 4.98 Å². The Labute approximate surface area is 136 Å². The highest BCUT2D eigenvalue weighted by Gasteiger charge is 2.32. The minimum atomic E-state index is 0.0577. The predicted molar refractivity (Wildman–Crippen MR) is 88.2 cm³/mol. The van der Waals surface area contributed by atoms with Crippen LogP contribution in [0.3, 0.4) is 0 Å². The van der Waals surface area contributed by atoms with Gasteiger partial charge in [-0.05, 0) is 32.5 Å². The largest absolute Gasteiger partial charge is 0.347 e. The van der Waals surface area contributed by atoms with Crippen molar-refractivity contribution in [3.8, 4) is 0 Å². The van der Waals surface area contributed by atoms with Crippen molar-refractivity contribution in [1.29, 1.82) is 0 Å². The molecule has 2 aromatic rings. The number of nitrogens with zero attached hydrogens (tertiary/aromatic N) is 4. The molecule has 0 spiro atoms. The molecule has 1 saturated heterocycles. The van der Waals surface area contributed by atoms with Crippen molar-refractivity contribution in [3.05, 3.63) is 47.3 Å². The Kier molecular flexibility index (Phi) is 4.43. The number of nitrogens with one attached hydrogen (secondary N) is 1. The molecule has 1 fully saturated rings. The first-order valence-corrected chi connectivity index (χ1v) is 8.07. The highest BCUT2D eigenvalue weighted by Crippen LogP contribution is 2.24. The number of imidazole rings is 1. The number of carbonyl (C=O) groups excluding carboxylic acids is 1. The van der Waals surface area contributed by atoms with Gasteiger partial charge in [0.25, 0.3) is 5.91 Å². The summed E-state index contributed by atoms with van der Waals surface area (Å²) in [6, 6.07) is 3.90. The Hall–Kier alpha value is -2.21. The maximum Gasteiger partial charge on any atom is 0.255 e. The van der Waals surface area contributed by atoms with Crippen LogP contribution in [0.15, 0.2) is 24.5 Å². The third kappa shape index (κ3) is 3.12. The molecular formula is C17H23N5O. The maximum absolute atomic E-state index is 12.9. The van der Waals surface area contributed by atoms with Crippen molar-refractivity contribution in [1.82, 2.24) is 24.8 Å². The van der Waals surface area contributed by atoms with Gasteiger partial charge < -0.3 is 9.88 Å². The van der Waals surface area contributed by atoms with Crippen LogP contribution in [0.4, 0.5) is 0 Å². The van der Waals surface area contributed by atoms with Crippen LogP contribution in [0.2, 0.25) is 0 Å². The molecule has 1 amide bonds. The summed E-state index contributed by atoms with van der Waals surface area (Å²) in [7, 11) is 0. The Bertz CT molecular complexity index is 682. The Morgan fingerprint density at radius 1 is 1.35 bits per heavy atom. The second-order valence-electron chi connectivity index (χ2n) is 5.96. The summed E-state index contributed by atoms with van der Waals surface area (Å²) in [5.74, 6) is 0.977. The Morgan fingerprint density at radius 3 is 2.83 bits per heavy atom. The standard InChI is InChI=1S/C17H23N5O/c1-4-21-9-10-22(11-15(21)16-18-7-8-19-16)17(23)14-6-5-12(2)20-13(14)3/h5-8,15H,4,9-11H2,1-3H3,(H,18,19). The Morgan fingerprint density at radius 2 is 2.17 bits per heavy atom. The number of H-pyrrole nitrogens is 1. The van der Waals surface area contributed by atoms with E-state index in [0.717, 1.165) is 36.8 Å². The summed E-state index contributed by atoms with van der Waals surface area (Å²) >= 11 is 0. The number of hydrogen-bond donors (Lipinski definition) is 1. The fourth-order valence-corrected chi connectivity index (χ4v) is 3.19. The number of hydrogen-bond acceptors (Lipinski definition) is 4. The smallest absolute Gasteiger partial charge is 0.255 e. The van der Waals surface area contributed by atoms with E-state index in [0.29, 0.717) is 12.1 Å². The van der Waals surface area contributed by atoms with Crippen LogP contribution in [0.1, 0.15) is 40.5 Å². The minimum absolute atomic E-state index is 0.0577. The van der Waals surface area contributed by atoms with Gasteiger partial charge in [0.1, 0.15) is 5.82 Å². The molecule has 0 aromatic carbocycles. The fourth-order valence-electron chi connectivity index (χ4n) is 3.19. The molecule has 3 rings (SSSR count). The van der Waals surface area contributed by atoms with Crippen LogP contribution >= 0.6 is 0 Å². The second-order valence-corrected chi connectivity index (χ2v) is 5.96. The van der Waals surface area contributed by atoms with E-state index < -0.39 is 0 Å². The van der Waals surface area contributed by atoms with Gasteiger partial charge in [-0.1, -0.05) is 6.92 Å². The summed E-state index contributed by atoms with van der Waals surface area (Å²) in [4.78, 5) is 29.1. The third-order valence-corrected chi connectivity index (χ3v) is 4.48. The lowest BCUT2D eigenvalue weighted by atomic mass is 10.1. The van der Waals surface area contributed by atoms with Crippen molar-refractivity contribution in [2.24, 2.45) is 0 Å². The number of piperazine rings is 1. The van der Waals surface area contributed by atoms with Crippen LogP contribution in [0.5, 0.6) is 0 Å². The highest BCUT2D eigenvalue weighted by atomic mass is 16.2. The minimum Gasteiger partial charge on any atom is -0.347 e. The fraction of sp³-hybridized carbons (Fsp3) is 0.471. The van der Waals surface area contributed by atoms with Crippen LogP contribution in [0.25, 0.3) is 0 Å². The maximum atomic E-state index is 12.9. The van der Waals surface area contributed by atoms with Gasteiger partial charge in [-0.2, -0.15) is 0 Å². The number of carbonyl (C=O) groups is 1. The summed E-state index contributed by atoms with van der Waals surface area (Å²) in [6.07, 6.45) is 3.59. The molecule has 1 atom stereocenters. The molecular weight excluding hydrogens is 290 g/mol. The number of aryl methyl sites for hydroxylation is 2. The summed E-state index contributed by atoms with van der Waals surface area (Å²) < 4.78 is 0. The van der Waals surface area contributed by atoms with Gasteiger partial charge in [0.15, 0.2) is 0 Å². The first-order valence-electron chi connectivity index (χ1n) is 8.07. The van der Waals surface area contributed by atoms with Crippen molar-refractivity contribution in [3.63, 3.8) is 0 Å². The molecule has 0 saturated carbocycles. The number of likely N-dealkylation sites (N-methyl/N-ethyl adjacent to an activating group) is 1. The molecule has 2 aromatic heterocycles. The topological polar surface area (TPSA) is 65.1 Å². The van der Waals surface area contributed by atoms with Gasteiger partial charge >= 0.3 is 0 Å². The first-order chi connectivity index (χ1) is 11.1. The third-order valence-electron chi connectivity index (χ3n) is 4.48. The molecule has 23 heavy (non-hydrogen) atoms. The quantitative estimate of drug-likeness (QED) is 0.940. The zero-order chi connectivity index (χ0) is 16.4. The van der Waals surface area contributed by atoms with E-state index in [9.17, 15) is 4.79 Å². The van der Waals surface area contributed by atoms with E-state index in [1.54, 1.807) is 6.20 Å². The van der Waals surface area contributed by atoms with E-state index in [4.69, 9.17) is 0 Å². The van der Waals surface area contributed by atoms with Crippen molar-refractivity contribution >= 4 is 5.91 Å². The molecule has 1 aliphatic rings. The van der Waals surface area contributed by atoms with Gasteiger partial charge in [0.05, 0.1) is 17.3 Å². The number of rotatable bonds is 3. The number of pyridine rings is 1. The monoisotopic (exact) mass is 313 g/mol. The van der Waals surface area contributed by atoms with E-state index in [-0.39, 0.29) is 11.9 Å². The van der Waals surface area contributed by atoms with E-state index in [2.05, 4.69) is 26.8 Å². The van der Waals surface area contributed by atoms with E-state index in [1.165, 1.54) is 0 Å². The number of amides is 1. The van der Waals surface area contributed by atoms with Gasteiger partial charge in [-0.3, -0.25) is 14.7 Å². The Balaban J connectivity index is 1.82. The molecule has 0 bridgehead atoms. The molecule has 122 valence electrons. The average Bonchev–Trinajstić information content (AvgIpc) is 3.08. The molecule has 1 unspecified atom stereocenters.